The summed E-state index contributed by atoms with van der Waals surface area (Å²) in [6.07, 6.45) is -1.51. The summed E-state index contributed by atoms with van der Waals surface area (Å²) in [5.74, 6) is -1.56. The van der Waals surface area contributed by atoms with Gasteiger partial charge in [0.25, 0.3) is 5.56 Å². The number of imidazole rings is 1. The number of H-pyrrole nitrogens is 1. The van der Waals surface area contributed by atoms with E-state index in [1.807, 2.05) is 18.2 Å². The lowest BCUT2D eigenvalue weighted by atomic mass is 10.1. The van der Waals surface area contributed by atoms with Crippen molar-refractivity contribution in [2.75, 3.05) is 43.9 Å². The number of hydrogen-bond acceptors (Lipinski definition) is 8. The number of aliphatic hydroxyl groups is 1. The van der Waals surface area contributed by atoms with E-state index in [0.29, 0.717) is 15.8 Å². The largest absolute Gasteiger partial charge is 0.397 e. The summed E-state index contributed by atoms with van der Waals surface area (Å²) in [6.45, 7) is 4.91. The third-order valence-electron chi connectivity index (χ3n) is 6.21. The molecule has 1 aliphatic rings. The number of hydrogen-bond donors (Lipinski definition) is 3. The predicted molar refractivity (Wildman–Crippen MR) is 131 cm³/mol. The number of nitrogens with zero attached hydrogens (tertiary/aromatic N) is 4. The van der Waals surface area contributed by atoms with Gasteiger partial charge in [-0.3, -0.25) is 4.79 Å². The summed E-state index contributed by atoms with van der Waals surface area (Å²) < 4.78 is 15.4. The van der Waals surface area contributed by atoms with Gasteiger partial charge in [-0.15, -0.1) is 4.73 Å². The third-order valence-corrected chi connectivity index (χ3v) is 6.21. The van der Waals surface area contributed by atoms with Crippen LogP contribution in [0.25, 0.3) is 33.3 Å². The van der Waals surface area contributed by atoms with E-state index in [9.17, 15) is 19.1 Å². The zero-order chi connectivity index (χ0) is 24.9. The first kappa shape index (κ1) is 22.8. The molecule has 3 heterocycles. The number of rotatable bonds is 4. The van der Waals surface area contributed by atoms with Crippen molar-refractivity contribution in [1.82, 2.24) is 19.6 Å². The van der Waals surface area contributed by atoms with E-state index in [2.05, 4.69) is 26.8 Å². The number of fused-ring (bicyclic) bond motifs is 2. The molecule has 182 valence electrons. The van der Waals surface area contributed by atoms with Crippen LogP contribution in [-0.2, 0) is 4.79 Å². The fourth-order valence-electron chi connectivity index (χ4n) is 4.19. The number of nitrogens with two attached hydrogens (primary N) is 1. The number of anilines is 2. The number of carbonyl (C=O) groups is 1. The van der Waals surface area contributed by atoms with Crippen LogP contribution in [0.1, 0.15) is 6.92 Å². The first-order valence-electron chi connectivity index (χ1n) is 11.2. The van der Waals surface area contributed by atoms with E-state index in [1.165, 1.54) is 19.1 Å². The maximum absolute atomic E-state index is 14.8. The van der Waals surface area contributed by atoms with Crippen molar-refractivity contribution in [2.24, 2.45) is 0 Å². The molecule has 10 nitrogen and oxygen atoms in total. The molecule has 0 radical (unpaired) electrons. The van der Waals surface area contributed by atoms with E-state index >= 15 is 0 Å². The summed E-state index contributed by atoms with van der Waals surface area (Å²) in [5.41, 5.74) is 7.47. The Balaban J connectivity index is 1.64. The van der Waals surface area contributed by atoms with Gasteiger partial charge in [0.2, 0.25) is 0 Å². The molecule has 11 heteroatoms. The number of pyridine rings is 1. The Morgan fingerprint density at radius 1 is 1.20 bits per heavy atom. The molecule has 0 amide bonds. The molecule has 1 atom stereocenters. The molecular weight excluding hydrogens is 455 g/mol. The van der Waals surface area contributed by atoms with Crippen molar-refractivity contribution in [3.8, 4) is 11.4 Å². The van der Waals surface area contributed by atoms with Crippen LogP contribution in [0.15, 0.2) is 41.2 Å². The van der Waals surface area contributed by atoms with Gasteiger partial charge in [-0.25, -0.2) is 14.2 Å². The second-order valence-corrected chi connectivity index (χ2v) is 8.72. The highest BCUT2D eigenvalue weighted by molar-refractivity contribution is 5.93. The molecule has 0 saturated carbocycles. The standard InChI is InChI=1S/C24H25FN6O4/c1-13(32)24(34)35-31-21-15(17(25)4-5-18(21)26)12-16(23(31)33)22-27-19-6-3-14(11-20(19)28-22)30-9-7-29(2)8-10-30/h3-6,11-13,32H,7-10,26H2,1-2H3,(H,27,28). The number of carbonyl (C=O) groups excluding carboxylic acids is 1. The van der Waals surface area contributed by atoms with Crippen LogP contribution in [0.2, 0.25) is 0 Å². The molecule has 0 spiro atoms. The summed E-state index contributed by atoms with van der Waals surface area (Å²) >= 11 is 0. The number of piperazine rings is 1. The number of nitrogen functional groups attached to an aromatic ring is 1. The van der Waals surface area contributed by atoms with E-state index < -0.39 is 23.4 Å². The molecule has 4 N–H and O–H groups in total. The lowest BCUT2D eigenvalue weighted by Crippen LogP contribution is -2.44. The zero-order valence-electron chi connectivity index (χ0n) is 19.3. The second kappa shape index (κ2) is 8.67. The van der Waals surface area contributed by atoms with Crippen molar-refractivity contribution in [3.63, 3.8) is 0 Å². The highest BCUT2D eigenvalue weighted by atomic mass is 19.1. The van der Waals surface area contributed by atoms with Crippen LogP contribution in [-0.4, -0.2) is 70.0 Å². The molecule has 0 aliphatic carbocycles. The number of benzene rings is 2. The highest BCUT2D eigenvalue weighted by Gasteiger charge is 2.22. The van der Waals surface area contributed by atoms with Gasteiger partial charge in [0.1, 0.15) is 17.2 Å². The fourth-order valence-corrected chi connectivity index (χ4v) is 4.19. The second-order valence-electron chi connectivity index (χ2n) is 8.72. The van der Waals surface area contributed by atoms with Crippen molar-refractivity contribution < 1.29 is 19.1 Å². The molecule has 2 aromatic heterocycles. The normalized spacial score (nSPS) is 15.6. The molecule has 1 saturated heterocycles. The molecule has 35 heavy (non-hydrogen) atoms. The van der Waals surface area contributed by atoms with Gasteiger partial charge in [0, 0.05) is 37.3 Å². The molecule has 1 unspecified atom stereocenters. The lowest BCUT2D eigenvalue weighted by Gasteiger charge is -2.34. The average molecular weight is 481 g/mol. The minimum Gasteiger partial charge on any atom is -0.397 e. The van der Waals surface area contributed by atoms with Crippen LogP contribution in [0.4, 0.5) is 15.8 Å². The number of halogens is 1. The molecule has 0 bridgehead atoms. The Hall–Kier alpha value is -3.96. The Labute approximate surface area is 199 Å². The highest BCUT2D eigenvalue weighted by Crippen LogP contribution is 2.28. The molecule has 1 aliphatic heterocycles. The van der Waals surface area contributed by atoms with Crippen molar-refractivity contribution in [2.45, 2.75) is 13.0 Å². The van der Waals surface area contributed by atoms with Crippen molar-refractivity contribution in [1.29, 1.82) is 0 Å². The molecule has 4 aromatic rings. The Morgan fingerprint density at radius 3 is 2.66 bits per heavy atom. The van der Waals surface area contributed by atoms with E-state index in [0.717, 1.165) is 37.9 Å². The predicted octanol–water partition coefficient (Wildman–Crippen LogP) is 1.35. The van der Waals surface area contributed by atoms with Crippen LogP contribution >= 0.6 is 0 Å². The summed E-state index contributed by atoms with van der Waals surface area (Å²) in [5, 5.41) is 9.55. The lowest BCUT2D eigenvalue weighted by molar-refractivity contribution is -0.152. The maximum Gasteiger partial charge on any atom is 0.360 e. The van der Waals surface area contributed by atoms with Crippen LogP contribution in [0.3, 0.4) is 0 Å². The first-order chi connectivity index (χ1) is 16.7. The van der Waals surface area contributed by atoms with Gasteiger partial charge < -0.3 is 30.5 Å². The topological polar surface area (TPSA) is 130 Å². The molecule has 1 fully saturated rings. The van der Waals surface area contributed by atoms with Crippen LogP contribution in [0.5, 0.6) is 0 Å². The SMILES string of the molecule is CC(O)C(=O)On1c(=O)c(-c2nc3ccc(N4CCN(C)CC4)cc3[nH]2)cc2c(F)ccc(N)c21. The van der Waals surface area contributed by atoms with Gasteiger partial charge >= 0.3 is 5.97 Å². The minimum absolute atomic E-state index is 0.0160. The smallest absolute Gasteiger partial charge is 0.360 e. The van der Waals surface area contributed by atoms with Gasteiger partial charge in [-0.05, 0) is 50.4 Å². The summed E-state index contributed by atoms with van der Waals surface area (Å²) in [4.78, 5) is 42.8. The Bertz CT molecular complexity index is 1500. The molecular formula is C24H25FN6O4. The maximum atomic E-state index is 14.8. The Morgan fingerprint density at radius 2 is 1.94 bits per heavy atom. The summed E-state index contributed by atoms with van der Waals surface area (Å²) in [6, 6.07) is 9.55. The Kier molecular flexibility index (Phi) is 5.65. The van der Waals surface area contributed by atoms with E-state index in [4.69, 9.17) is 10.6 Å². The average Bonchev–Trinajstić information content (AvgIpc) is 3.26. The van der Waals surface area contributed by atoms with Crippen LogP contribution < -0.4 is 21.0 Å². The number of aromatic amines is 1. The third kappa shape index (κ3) is 4.08. The van der Waals surface area contributed by atoms with E-state index in [1.54, 1.807) is 0 Å². The summed E-state index contributed by atoms with van der Waals surface area (Å²) in [7, 11) is 2.09. The van der Waals surface area contributed by atoms with Crippen molar-refractivity contribution in [3.05, 3.63) is 52.6 Å². The first-order valence-corrected chi connectivity index (χ1v) is 11.2. The number of likely N-dealkylation sites (N-methyl/N-ethyl adjacent to an activating group) is 1. The number of aromatic nitrogens is 3. The fraction of sp³-hybridized carbons (Fsp3) is 0.292. The molecule has 5 rings (SSSR count). The monoisotopic (exact) mass is 480 g/mol. The van der Waals surface area contributed by atoms with Gasteiger partial charge in [-0.1, -0.05) is 0 Å². The van der Waals surface area contributed by atoms with Gasteiger partial charge in [0.05, 0.1) is 22.3 Å². The van der Waals surface area contributed by atoms with E-state index in [-0.39, 0.29) is 28.0 Å². The minimum atomic E-state index is -1.51. The molecule has 2 aromatic carbocycles. The zero-order valence-corrected chi connectivity index (χ0v) is 19.3. The van der Waals surface area contributed by atoms with Crippen molar-refractivity contribution >= 4 is 39.3 Å². The van der Waals surface area contributed by atoms with Crippen LogP contribution in [0, 0.1) is 5.82 Å². The number of aliphatic hydroxyl groups excluding tert-OH is 1. The quantitative estimate of drug-likeness (QED) is 0.374. The van der Waals surface area contributed by atoms with Gasteiger partial charge in [-0.2, -0.15) is 0 Å². The number of nitrogens with one attached hydrogen (secondary N) is 1. The van der Waals surface area contributed by atoms with Gasteiger partial charge in [0.15, 0.2) is 6.10 Å².